The van der Waals surface area contributed by atoms with Gasteiger partial charge < -0.3 is 10.2 Å². The van der Waals surface area contributed by atoms with E-state index < -0.39 is 0 Å². The van der Waals surface area contributed by atoms with E-state index in [1.807, 2.05) is 4.90 Å². The summed E-state index contributed by atoms with van der Waals surface area (Å²) in [5, 5.41) is 3.10. The lowest BCUT2D eigenvalue weighted by atomic mass is 9.94. The zero-order chi connectivity index (χ0) is 12.1. The number of nitrogens with zero attached hydrogens (tertiary/aromatic N) is 1. The molecular weight excluding hydrogens is 212 g/mol. The highest BCUT2D eigenvalue weighted by molar-refractivity contribution is 5.74. The van der Waals surface area contributed by atoms with Gasteiger partial charge in [-0.25, -0.2) is 4.79 Å². The van der Waals surface area contributed by atoms with E-state index in [0.29, 0.717) is 11.8 Å². The maximum Gasteiger partial charge on any atom is 0.317 e. The molecule has 0 radical (unpaired) electrons. The van der Waals surface area contributed by atoms with Crippen LogP contribution in [0.25, 0.3) is 0 Å². The van der Waals surface area contributed by atoms with Crippen LogP contribution in [-0.2, 0) is 0 Å². The Kier molecular flexibility index (Phi) is 4.46. The van der Waals surface area contributed by atoms with Gasteiger partial charge in [0.05, 0.1) is 0 Å². The first-order chi connectivity index (χ1) is 8.25. The van der Waals surface area contributed by atoms with Crippen molar-refractivity contribution in [2.45, 2.75) is 39.0 Å². The number of urea groups is 1. The van der Waals surface area contributed by atoms with Crippen molar-refractivity contribution >= 4 is 6.03 Å². The summed E-state index contributed by atoms with van der Waals surface area (Å²) in [6.45, 7) is 4.93. The van der Waals surface area contributed by atoms with Crippen LogP contribution in [-0.4, -0.2) is 30.6 Å². The molecule has 3 heteroatoms. The van der Waals surface area contributed by atoms with E-state index in [1.54, 1.807) is 0 Å². The van der Waals surface area contributed by atoms with E-state index in [-0.39, 0.29) is 6.03 Å². The summed E-state index contributed by atoms with van der Waals surface area (Å²) in [6, 6.07) is 0.145. The van der Waals surface area contributed by atoms with E-state index >= 15 is 0 Å². The van der Waals surface area contributed by atoms with Gasteiger partial charge in [0, 0.05) is 19.6 Å². The van der Waals surface area contributed by atoms with Crippen molar-refractivity contribution in [3.05, 3.63) is 12.2 Å². The van der Waals surface area contributed by atoms with Crippen molar-refractivity contribution in [3.63, 3.8) is 0 Å². The van der Waals surface area contributed by atoms with Crippen LogP contribution in [0.15, 0.2) is 12.2 Å². The van der Waals surface area contributed by atoms with E-state index in [4.69, 9.17) is 0 Å². The molecule has 0 aromatic rings. The highest BCUT2D eigenvalue weighted by Gasteiger charge is 2.21. The molecule has 2 amide bonds. The van der Waals surface area contributed by atoms with Crippen LogP contribution >= 0.6 is 0 Å². The largest absolute Gasteiger partial charge is 0.338 e. The summed E-state index contributed by atoms with van der Waals surface area (Å²) in [7, 11) is 0. The van der Waals surface area contributed by atoms with Gasteiger partial charge in [-0.1, -0.05) is 19.1 Å². The van der Waals surface area contributed by atoms with Gasteiger partial charge >= 0.3 is 6.03 Å². The Morgan fingerprint density at radius 2 is 2.29 bits per heavy atom. The van der Waals surface area contributed by atoms with Gasteiger partial charge in [-0.3, -0.25) is 0 Å². The van der Waals surface area contributed by atoms with Crippen LogP contribution in [0, 0.1) is 11.8 Å². The summed E-state index contributed by atoms with van der Waals surface area (Å²) >= 11 is 0. The maximum atomic E-state index is 12.0. The van der Waals surface area contributed by atoms with Crippen LogP contribution in [0.3, 0.4) is 0 Å². The number of likely N-dealkylation sites (tertiary alicyclic amines) is 1. The lowest BCUT2D eigenvalue weighted by molar-refractivity contribution is 0.168. The Balaban J connectivity index is 1.71. The fourth-order valence-corrected chi connectivity index (χ4v) is 2.76. The van der Waals surface area contributed by atoms with Crippen molar-refractivity contribution in [1.29, 1.82) is 0 Å². The SMILES string of the molecule is CC1CCCN(C(=O)NCC2CC=CCC2)C1. The van der Waals surface area contributed by atoms with Crippen LogP contribution < -0.4 is 5.32 Å². The van der Waals surface area contributed by atoms with Crippen molar-refractivity contribution in [3.8, 4) is 0 Å². The predicted octanol–water partition coefficient (Wildman–Crippen LogP) is 2.78. The third-order valence-electron chi connectivity index (χ3n) is 3.86. The average molecular weight is 236 g/mol. The monoisotopic (exact) mass is 236 g/mol. The minimum atomic E-state index is 0.145. The molecule has 1 aliphatic heterocycles. The first-order valence-corrected chi connectivity index (χ1v) is 6.93. The van der Waals surface area contributed by atoms with Gasteiger partial charge in [0.15, 0.2) is 0 Å². The van der Waals surface area contributed by atoms with Gasteiger partial charge in [-0.2, -0.15) is 0 Å². The lowest BCUT2D eigenvalue weighted by Gasteiger charge is -2.31. The molecule has 17 heavy (non-hydrogen) atoms. The normalized spacial score (nSPS) is 29.1. The lowest BCUT2D eigenvalue weighted by Crippen LogP contribution is -2.46. The predicted molar refractivity (Wildman–Crippen MR) is 69.9 cm³/mol. The van der Waals surface area contributed by atoms with E-state index in [1.165, 1.54) is 19.3 Å². The molecular formula is C14H24N2O. The van der Waals surface area contributed by atoms with Gasteiger partial charge in [0.2, 0.25) is 0 Å². The van der Waals surface area contributed by atoms with E-state index in [2.05, 4.69) is 24.4 Å². The molecule has 0 aromatic heterocycles. The summed E-state index contributed by atoms with van der Waals surface area (Å²) in [6.07, 6.45) is 10.4. The number of amides is 2. The first kappa shape index (κ1) is 12.5. The summed E-state index contributed by atoms with van der Waals surface area (Å²) in [4.78, 5) is 14.0. The quantitative estimate of drug-likeness (QED) is 0.735. The zero-order valence-electron chi connectivity index (χ0n) is 10.8. The Bertz CT molecular complexity index is 288. The molecule has 2 aliphatic rings. The van der Waals surface area contributed by atoms with Crippen molar-refractivity contribution in [1.82, 2.24) is 10.2 Å². The number of piperidine rings is 1. The molecule has 2 rings (SSSR count). The molecule has 1 heterocycles. The number of hydrogen-bond acceptors (Lipinski definition) is 1. The molecule has 0 bridgehead atoms. The van der Waals surface area contributed by atoms with Crippen molar-refractivity contribution in [2.24, 2.45) is 11.8 Å². The van der Waals surface area contributed by atoms with E-state index in [0.717, 1.165) is 32.5 Å². The number of carbonyl (C=O) groups is 1. The standard InChI is InChI=1S/C14H24N2O/c1-12-6-5-9-16(11-12)14(17)15-10-13-7-3-2-4-8-13/h2-3,12-13H,4-11H2,1H3,(H,15,17). The van der Waals surface area contributed by atoms with Crippen LogP contribution in [0.5, 0.6) is 0 Å². The number of carbonyl (C=O) groups excluding carboxylic acids is 1. The zero-order valence-corrected chi connectivity index (χ0v) is 10.8. The summed E-state index contributed by atoms with van der Waals surface area (Å²) < 4.78 is 0. The van der Waals surface area contributed by atoms with Crippen LogP contribution in [0.4, 0.5) is 4.79 Å². The average Bonchev–Trinajstić information content (AvgIpc) is 2.37. The Labute approximate surface area is 104 Å². The van der Waals surface area contributed by atoms with E-state index in [9.17, 15) is 4.79 Å². The number of nitrogens with one attached hydrogen (secondary N) is 1. The van der Waals surface area contributed by atoms with Crippen LogP contribution in [0.2, 0.25) is 0 Å². The summed E-state index contributed by atoms with van der Waals surface area (Å²) in [5.74, 6) is 1.30. The molecule has 3 nitrogen and oxygen atoms in total. The Morgan fingerprint density at radius 3 is 3.00 bits per heavy atom. The molecule has 1 fully saturated rings. The topological polar surface area (TPSA) is 32.3 Å². The molecule has 0 spiro atoms. The fraction of sp³-hybridized carbons (Fsp3) is 0.786. The smallest absolute Gasteiger partial charge is 0.317 e. The molecule has 0 aromatic carbocycles. The molecule has 2 atom stereocenters. The van der Waals surface area contributed by atoms with Crippen molar-refractivity contribution < 1.29 is 4.79 Å². The Hall–Kier alpha value is -0.990. The molecule has 1 N–H and O–H groups in total. The van der Waals surface area contributed by atoms with Crippen molar-refractivity contribution in [2.75, 3.05) is 19.6 Å². The van der Waals surface area contributed by atoms with Gasteiger partial charge in [-0.05, 0) is 43.9 Å². The molecule has 1 aliphatic carbocycles. The minimum absolute atomic E-state index is 0.145. The minimum Gasteiger partial charge on any atom is -0.338 e. The highest BCUT2D eigenvalue weighted by atomic mass is 16.2. The van der Waals surface area contributed by atoms with Gasteiger partial charge in [0.25, 0.3) is 0 Å². The maximum absolute atomic E-state index is 12.0. The first-order valence-electron chi connectivity index (χ1n) is 6.93. The molecule has 96 valence electrons. The second-order valence-corrected chi connectivity index (χ2v) is 5.53. The molecule has 1 saturated heterocycles. The van der Waals surface area contributed by atoms with Gasteiger partial charge in [0.1, 0.15) is 0 Å². The number of rotatable bonds is 2. The highest BCUT2D eigenvalue weighted by Crippen LogP contribution is 2.18. The van der Waals surface area contributed by atoms with Crippen LogP contribution in [0.1, 0.15) is 39.0 Å². The third kappa shape index (κ3) is 3.76. The number of allylic oxidation sites excluding steroid dienone is 2. The second kappa shape index (κ2) is 6.08. The molecule has 2 unspecified atom stereocenters. The second-order valence-electron chi connectivity index (χ2n) is 5.53. The summed E-state index contributed by atoms with van der Waals surface area (Å²) in [5.41, 5.74) is 0. The number of hydrogen-bond donors (Lipinski definition) is 1. The Morgan fingerprint density at radius 1 is 1.41 bits per heavy atom. The molecule has 0 saturated carbocycles. The third-order valence-corrected chi connectivity index (χ3v) is 3.86. The van der Waals surface area contributed by atoms with Gasteiger partial charge in [-0.15, -0.1) is 0 Å². The fourth-order valence-electron chi connectivity index (χ4n) is 2.76.